The summed E-state index contributed by atoms with van der Waals surface area (Å²) >= 11 is 0. The number of benzene rings is 2. The molecule has 7 heteroatoms. The van der Waals surface area contributed by atoms with Gasteiger partial charge in [-0.3, -0.25) is 9.59 Å². The third-order valence-corrected chi connectivity index (χ3v) is 4.32. The summed E-state index contributed by atoms with van der Waals surface area (Å²) < 4.78 is 6.15. The summed E-state index contributed by atoms with van der Waals surface area (Å²) in [5, 5.41) is 7.04. The second kappa shape index (κ2) is 8.97. The lowest BCUT2D eigenvalue weighted by Gasteiger charge is -2.16. The summed E-state index contributed by atoms with van der Waals surface area (Å²) in [4.78, 5) is 37.2. The summed E-state index contributed by atoms with van der Waals surface area (Å²) in [7, 11) is 0. The van der Waals surface area contributed by atoms with Crippen LogP contribution < -0.4 is 10.9 Å². The average Bonchev–Trinajstić information content (AvgIpc) is 2.74. The van der Waals surface area contributed by atoms with Crippen LogP contribution in [0.3, 0.4) is 0 Å². The minimum absolute atomic E-state index is 0.225. The molecule has 0 bridgehead atoms. The Bertz CT molecular complexity index is 1080. The van der Waals surface area contributed by atoms with Crippen LogP contribution in [0.1, 0.15) is 30.2 Å². The Morgan fingerprint density at radius 3 is 2.45 bits per heavy atom. The zero-order chi connectivity index (χ0) is 20.8. The number of nitrogens with one attached hydrogen (secondary N) is 1. The predicted molar refractivity (Wildman–Crippen MR) is 110 cm³/mol. The van der Waals surface area contributed by atoms with Gasteiger partial charge in [-0.2, -0.15) is 5.10 Å². The largest absolute Gasteiger partial charge is 0.462 e. The number of nitrogens with zero attached hydrogens (tertiary/aromatic N) is 2. The van der Waals surface area contributed by atoms with Gasteiger partial charge in [-0.05, 0) is 32.0 Å². The van der Waals surface area contributed by atoms with Crippen molar-refractivity contribution in [3.8, 4) is 11.3 Å². The fourth-order valence-electron chi connectivity index (χ4n) is 2.79. The molecule has 0 radical (unpaired) electrons. The van der Waals surface area contributed by atoms with Gasteiger partial charge in [0.2, 0.25) is 5.91 Å². The standard InChI is InChI=1S/C22H21N3O4/c1-3-29-22(28)17-11-7-8-12-19(17)23-21(27)15(2)25-20(26)14-13-18(24-25)16-9-5-4-6-10-16/h4-15H,3H2,1-2H3,(H,23,27). The summed E-state index contributed by atoms with van der Waals surface area (Å²) in [5.74, 6) is -1.00. The van der Waals surface area contributed by atoms with Gasteiger partial charge in [-0.25, -0.2) is 9.48 Å². The molecule has 148 valence electrons. The van der Waals surface area contributed by atoms with Crippen LogP contribution in [0.5, 0.6) is 0 Å². The molecule has 3 aromatic rings. The Kier molecular flexibility index (Phi) is 6.19. The molecule has 2 aromatic carbocycles. The normalized spacial score (nSPS) is 11.5. The number of anilines is 1. The number of carbonyl (C=O) groups is 2. The Balaban J connectivity index is 1.87. The van der Waals surface area contributed by atoms with E-state index in [2.05, 4.69) is 10.4 Å². The zero-order valence-corrected chi connectivity index (χ0v) is 16.2. The van der Waals surface area contributed by atoms with E-state index in [9.17, 15) is 14.4 Å². The maximum absolute atomic E-state index is 12.8. The van der Waals surface area contributed by atoms with E-state index in [1.807, 2.05) is 30.3 Å². The van der Waals surface area contributed by atoms with Crippen LogP contribution in [0.2, 0.25) is 0 Å². The number of aromatic nitrogens is 2. The van der Waals surface area contributed by atoms with Gasteiger partial charge in [-0.15, -0.1) is 0 Å². The Labute approximate surface area is 168 Å². The number of carbonyl (C=O) groups excluding carboxylic acids is 2. The van der Waals surface area contributed by atoms with Crippen molar-refractivity contribution in [3.05, 3.63) is 82.6 Å². The molecule has 1 N–H and O–H groups in total. The van der Waals surface area contributed by atoms with Crippen LogP contribution >= 0.6 is 0 Å². The number of para-hydroxylation sites is 1. The Hall–Kier alpha value is -3.74. The van der Waals surface area contributed by atoms with Crippen molar-refractivity contribution in [2.45, 2.75) is 19.9 Å². The van der Waals surface area contributed by atoms with Crippen molar-refractivity contribution < 1.29 is 14.3 Å². The highest BCUT2D eigenvalue weighted by molar-refractivity contribution is 6.02. The van der Waals surface area contributed by atoms with Gasteiger partial charge < -0.3 is 10.1 Å². The highest BCUT2D eigenvalue weighted by Crippen LogP contribution is 2.19. The van der Waals surface area contributed by atoms with E-state index in [0.717, 1.165) is 10.2 Å². The molecule has 1 aromatic heterocycles. The summed E-state index contributed by atoms with van der Waals surface area (Å²) in [5.41, 5.74) is 1.58. The van der Waals surface area contributed by atoms with E-state index in [1.165, 1.54) is 6.07 Å². The molecule has 29 heavy (non-hydrogen) atoms. The first-order chi connectivity index (χ1) is 14.0. The quantitative estimate of drug-likeness (QED) is 0.651. The SMILES string of the molecule is CCOC(=O)c1ccccc1NC(=O)C(C)n1nc(-c2ccccc2)ccc1=O. The number of ether oxygens (including phenoxy) is 1. The number of hydrogen-bond acceptors (Lipinski definition) is 5. The first-order valence-corrected chi connectivity index (χ1v) is 9.23. The fourth-order valence-corrected chi connectivity index (χ4v) is 2.79. The Morgan fingerprint density at radius 1 is 1.03 bits per heavy atom. The van der Waals surface area contributed by atoms with Gasteiger partial charge in [0.15, 0.2) is 0 Å². The highest BCUT2D eigenvalue weighted by Gasteiger charge is 2.21. The zero-order valence-electron chi connectivity index (χ0n) is 16.2. The van der Waals surface area contributed by atoms with Crippen molar-refractivity contribution in [2.24, 2.45) is 0 Å². The van der Waals surface area contributed by atoms with Gasteiger partial charge in [0.05, 0.1) is 23.6 Å². The smallest absolute Gasteiger partial charge is 0.340 e. The molecule has 0 spiro atoms. The molecular weight excluding hydrogens is 370 g/mol. The van der Waals surface area contributed by atoms with E-state index in [0.29, 0.717) is 11.4 Å². The van der Waals surface area contributed by atoms with Crippen LogP contribution in [0, 0.1) is 0 Å². The molecule has 0 fully saturated rings. The van der Waals surface area contributed by atoms with Crippen LogP contribution in [0.15, 0.2) is 71.5 Å². The maximum Gasteiger partial charge on any atom is 0.340 e. The number of rotatable bonds is 6. The summed E-state index contributed by atoms with van der Waals surface area (Å²) in [6.45, 7) is 3.51. The van der Waals surface area contributed by atoms with Crippen molar-refractivity contribution in [2.75, 3.05) is 11.9 Å². The number of amides is 1. The molecule has 1 atom stereocenters. The summed E-state index contributed by atoms with van der Waals surface area (Å²) in [6, 6.07) is 18.0. The van der Waals surface area contributed by atoms with Crippen molar-refractivity contribution in [1.82, 2.24) is 9.78 Å². The molecule has 0 aliphatic rings. The molecular formula is C22H21N3O4. The van der Waals surface area contributed by atoms with Crippen LogP contribution in [-0.2, 0) is 9.53 Å². The van der Waals surface area contributed by atoms with Crippen LogP contribution in [0.4, 0.5) is 5.69 Å². The first-order valence-electron chi connectivity index (χ1n) is 9.23. The first kappa shape index (κ1) is 20.0. The molecule has 1 amide bonds. The lowest BCUT2D eigenvalue weighted by atomic mass is 10.1. The third-order valence-electron chi connectivity index (χ3n) is 4.32. The van der Waals surface area contributed by atoms with E-state index in [-0.39, 0.29) is 12.2 Å². The minimum Gasteiger partial charge on any atom is -0.462 e. The van der Waals surface area contributed by atoms with E-state index in [1.54, 1.807) is 44.2 Å². The minimum atomic E-state index is -0.888. The molecule has 0 saturated heterocycles. The second-order valence-electron chi connectivity index (χ2n) is 6.30. The van der Waals surface area contributed by atoms with Gasteiger partial charge in [0.25, 0.3) is 5.56 Å². The molecule has 1 unspecified atom stereocenters. The molecule has 1 heterocycles. The molecule has 0 saturated carbocycles. The van der Waals surface area contributed by atoms with E-state index in [4.69, 9.17) is 4.74 Å². The maximum atomic E-state index is 12.8. The molecule has 0 aliphatic carbocycles. The molecule has 3 rings (SSSR count). The number of hydrogen-bond donors (Lipinski definition) is 1. The average molecular weight is 391 g/mol. The summed E-state index contributed by atoms with van der Waals surface area (Å²) in [6.07, 6.45) is 0. The highest BCUT2D eigenvalue weighted by atomic mass is 16.5. The Morgan fingerprint density at radius 2 is 1.72 bits per heavy atom. The number of esters is 1. The predicted octanol–water partition coefficient (Wildman–Crippen LogP) is 3.29. The fraction of sp³-hybridized carbons (Fsp3) is 0.182. The van der Waals surface area contributed by atoms with Gasteiger partial charge in [0, 0.05) is 11.6 Å². The van der Waals surface area contributed by atoms with Crippen molar-refractivity contribution >= 4 is 17.6 Å². The van der Waals surface area contributed by atoms with E-state index >= 15 is 0 Å². The second-order valence-corrected chi connectivity index (χ2v) is 6.30. The van der Waals surface area contributed by atoms with Gasteiger partial charge in [-0.1, -0.05) is 42.5 Å². The van der Waals surface area contributed by atoms with Crippen LogP contribution in [0.25, 0.3) is 11.3 Å². The molecule has 7 nitrogen and oxygen atoms in total. The van der Waals surface area contributed by atoms with Gasteiger partial charge in [0.1, 0.15) is 6.04 Å². The van der Waals surface area contributed by atoms with Crippen molar-refractivity contribution in [1.29, 1.82) is 0 Å². The third kappa shape index (κ3) is 4.57. The van der Waals surface area contributed by atoms with Gasteiger partial charge >= 0.3 is 5.97 Å². The van der Waals surface area contributed by atoms with E-state index < -0.39 is 23.5 Å². The topological polar surface area (TPSA) is 90.3 Å². The van der Waals surface area contributed by atoms with Crippen molar-refractivity contribution in [3.63, 3.8) is 0 Å². The lowest BCUT2D eigenvalue weighted by molar-refractivity contribution is -0.119. The molecule has 0 aliphatic heterocycles. The van der Waals surface area contributed by atoms with Crippen LogP contribution in [-0.4, -0.2) is 28.3 Å². The lowest BCUT2D eigenvalue weighted by Crippen LogP contribution is -2.33. The monoisotopic (exact) mass is 391 g/mol.